The number of aryl methyl sites for hydroxylation is 2. The zero-order valence-electron chi connectivity index (χ0n) is 11.8. The summed E-state index contributed by atoms with van der Waals surface area (Å²) in [5.74, 6) is -1.05. The highest BCUT2D eigenvalue weighted by Gasteiger charge is 2.21. The molecule has 0 radical (unpaired) electrons. The predicted molar refractivity (Wildman–Crippen MR) is 79.8 cm³/mol. The molecule has 0 amide bonds. The number of aromatic nitrogens is 2. The summed E-state index contributed by atoms with van der Waals surface area (Å²) in [5.41, 5.74) is 3.43. The molecular weight excluding hydrogens is 264 g/mol. The van der Waals surface area contributed by atoms with Crippen LogP contribution in [0.15, 0.2) is 48.8 Å². The monoisotopic (exact) mass is 278 g/mol. The van der Waals surface area contributed by atoms with Crippen molar-refractivity contribution in [3.8, 4) is 0 Å². The summed E-state index contributed by atoms with van der Waals surface area (Å²) in [5, 5.41) is 0. The summed E-state index contributed by atoms with van der Waals surface area (Å²) in [6.45, 7) is 3.89. The number of carbonyl (C=O) groups is 2. The van der Waals surface area contributed by atoms with E-state index >= 15 is 0 Å². The van der Waals surface area contributed by atoms with Gasteiger partial charge in [0, 0.05) is 11.8 Å². The van der Waals surface area contributed by atoms with E-state index in [1.807, 2.05) is 26.0 Å². The number of Topliss-reactive ketones (excluding diaryl/α,β-unsaturated/α-hetero) is 2. The highest BCUT2D eigenvalue weighted by molar-refractivity contribution is 6.48. The summed E-state index contributed by atoms with van der Waals surface area (Å²) in [7, 11) is 0. The van der Waals surface area contributed by atoms with Crippen molar-refractivity contribution < 1.29 is 9.59 Å². The van der Waals surface area contributed by atoms with E-state index in [2.05, 4.69) is 4.98 Å². The van der Waals surface area contributed by atoms with Crippen LogP contribution in [0, 0.1) is 13.8 Å². The second-order valence-corrected chi connectivity index (χ2v) is 5.03. The van der Waals surface area contributed by atoms with Crippen LogP contribution in [0.5, 0.6) is 0 Å². The molecule has 0 aliphatic heterocycles. The number of benzene rings is 1. The molecule has 4 nitrogen and oxygen atoms in total. The summed E-state index contributed by atoms with van der Waals surface area (Å²) in [6, 6.07) is 10.7. The highest BCUT2D eigenvalue weighted by atomic mass is 16.2. The number of pyridine rings is 1. The lowest BCUT2D eigenvalue weighted by atomic mass is 10.0. The van der Waals surface area contributed by atoms with Gasteiger partial charge >= 0.3 is 0 Å². The van der Waals surface area contributed by atoms with Crippen molar-refractivity contribution in [1.29, 1.82) is 0 Å². The van der Waals surface area contributed by atoms with Gasteiger partial charge in [-0.1, -0.05) is 18.2 Å². The lowest BCUT2D eigenvalue weighted by Gasteiger charge is -2.04. The van der Waals surface area contributed by atoms with E-state index < -0.39 is 11.6 Å². The average Bonchev–Trinajstić information content (AvgIpc) is 2.92. The number of hydrogen-bond donors (Lipinski definition) is 0. The minimum atomic E-state index is -0.544. The fraction of sp³-hybridized carbons (Fsp3) is 0.118. The van der Waals surface area contributed by atoms with E-state index in [1.165, 1.54) is 6.20 Å². The molecule has 0 spiro atoms. The molecule has 2 heterocycles. The number of imidazole rings is 1. The highest BCUT2D eigenvalue weighted by Crippen LogP contribution is 2.14. The molecule has 0 atom stereocenters. The maximum absolute atomic E-state index is 12.4. The predicted octanol–water partition coefficient (Wildman–Crippen LogP) is 3.02. The number of rotatable bonds is 3. The maximum Gasteiger partial charge on any atom is 0.251 e. The van der Waals surface area contributed by atoms with Crippen LogP contribution in [0.3, 0.4) is 0 Å². The van der Waals surface area contributed by atoms with Gasteiger partial charge in [-0.25, -0.2) is 4.98 Å². The Bertz CT molecular complexity index is 862. The van der Waals surface area contributed by atoms with Crippen molar-refractivity contribution >= 4 is 17.2 Å². The quantitative estimate of drug-likeness (QED) is 0.546. The van der Waals surface area contributed by atoms with Gasteiger partial charge in [0.05, 0.1) is 6.20 Å². The molecule has 0 saturated heterocycles. The van der Waals surface area contributed by atoms with Gasteiger partial charge in [-0.05, 0) is 43.2 Å². The largest absolute Gasteiger partial charge is 0.297 e. The number of hydrogen-bond acceptors (Lipinski definition) is 3. The Morgan fingerprint density at radius 3 is 2.57 bits per heavy atom. The smallest absolute Gasteiger partial charge is 0.251 e. The molecule has 3 aromatic rings. The molecule has 21 heavy (non-hydrogen) atoms. The van der Waals surface area contributed by atoms with E-state index in [-0.39, 0.29) is 5.69 Å². The van der Waals surface area contributed by atoms with Gasteiger partial charge in [0.2, 0.25) is 5.78 Å². The molecule has 0 unspecified atom stereocenters. The fourth-order valence-corrected chi connectivity index (χ4v) is 2.23. The van der Waals surface area contributed by atoms with E-state index in [9.17, 15) is 9.59 Å². The minimum Gasteiger partial charge on any atom is -0.297 e. The van der Waals surface area contributed by atoms with Crippen LogP contribution in [0.4, 0.5) is 0 Å². The lowest BCUT2D eigenvalue weighted by molar-refractivity contribution is 0.0813. The van der Waals surface area contributed by atoms with Crippen LogP contribution in [-0.2, 0) is 0 Å². The van der Waals surface area contributed by atoms with E-state index in [0.717, 1.165) is 11.1 Å². The fourth-order valence-electron chi connectivity index (χ4n) is 2.23. The number of carbonyl (C=O) groups excluding carboxylic acids is 2. The van der Waals surface area contributed by atoms with Crippen LogP contribution >= 0.6 is 0 Å². The molecular formula is C17H14N2O2. The maximum atomic E-state index is 12.4. The molecule has 0 fully saturated rings. The Kier molecular flexibility index (Phi) is 3.14. The molecule has 0 N–H and O–H groups in total. The summed E-state index contributed by atoms with van der Waals surface area (Å²) in [6.07, 6.45) is 3.17. The van der Waals surface area contributed by atoms with Crippen molar-refractivity contribution in [2.24, 2.45) is 0 Å². The first-order chi connectivity index (χ1) is 10.1. The van der Waals surface area contributed by atoms with Crippen molar-refractivity contribution in [1.82, 2.24) is 9.38 Å². The Morgan fingerprint density at radius 1 is 1.00 bits per heavy atom. The van der Waals surface area contributed by atoms with Crippen LogP contribution < -0.4 is 0 Å². The van der Waals surface area contributed by atoms with Gasteiger partial charge in [0.25, 0.3) is 5.78 Å². The van der Waals surface area contributed by atoms with Crippen molar-refractivity contribution in [3.05, 3.63) is 71.2 Å². The first kappa shape index (κ1) is 13.2. The second kappa shape index (κ2) is 4.98. The van der Waals surface area contributed by atoms with Crippen LogP contribution in [-0.4, -0.2) is 21.0 Å². The lowest BCUT2D eigenvalue weighted by Crippen LogP contribution is -2.16. The molecule has 4 heteroatoms. The Labute approximate surface area is 122 Å². The molecule has 3 rings (SSSR count). The Morgan fingerprint density at radius 2 is 1.81 bits per heavy atom. The normalized spacial score (nSPS) is 10.8. The third-order valence-corrected chi connectivity index (χ3v) is 3.62. The Balaban J connectivity index is 2.01. The van der Waals surface area contributed by atoms with Gasteiger partial charge in [-0.3, -0.25) is 14.0 Å². The summed E-state index contributed by atoms with van der Waals surface area (Å²) < 4.78 is 1.63. The molecule has 0 saturated carbocycles. The van der Waals surface area contributed by atoms with Gasteiger partial charge < -0.3 is 0 Å². The van der Waals surface area contributed by atoms with Crippen molar-refractivity contribution in [3.63, 3.8) is 0 Å². The zero-order valence-corrected chi connectivity index (χ0v) is 11.8. The summed E-state index contributed by atoms with van der Waals surface area (Å²) >= 11 is 0. The van der Waals surface area contributed by atoms with E-state index in [0.29, 0.717) is 11.2 Å². The molecule has 0 aliphatic carbocycles. The van der Waals surface area contributed by atoms with Crippen molar-refractivity contribution in [2.45, 2.75) is 13.8 Å². The van der Waals surface area contributed by atoms with Crippen LogP contribution in [0.1, 0.15) is 32.0 Å². The topological polar surface area (TPSA) is 51.4 Å². The zero-order chi connectivity index (χ0) is 15.0. The number of fused-ring (bicyclic) bond motifs is 1. The van der Waals surface area contributed by atoms with E-state index in [4.69, 9.17) is 0 Å². The van der Waals surface area contributed by atoms with Crippen LogP contribution in [0.25, 0.3) is 5.65 Å². The molecule has 1 aromatic carbocycles. The van der Waals surface area contributed by atoms with Crippen LogP contribution in [0.2, 0.25) is 0 Å². The summed E-state index contributed by atoms with van der Waals surface area (Å²) in [4.78, 5) is 28.9. The SMILES string of the molecule is Cc1ccc(C(=O)C(=O)c2cnc3ccccn23)cc1C. The minimum absolute atomic E-state index is 0.286. The Hall–Kier alpha value is -2.75. The van der Waals surface area contributed by atoms with Crippen molar-refractivity contribution in [2.75, 3.05) is 0 Å². The molecule has 2 aromatic heterocycles. The van der Waals surface area contributed by atoms with Gasteiger partial charge in [-0.2, -0.15) is 0 Å². The third kappa shape index (κ3) is 2.25. The average molecular weight is 278 g/mol. The third-order valence-electron chi connectivity index (χ3n) is 3.62. The second-order valence-electron chi connectivity index (χ2n) is 5.03. The van der Waals surface area contributed by atoms with Gasteiger partial charge in [0.1, 0.15) is 11.3 Å². The number of ketones is 2. The standard InChI is InChI=1S/C17H14N2O2/c1-11-6-7-13(9-12(11)2)16(20)17(21)14-10-18-15-5-3-4-8-19(14)15/h3-10H,1-2H3. The van der Waals surface area contributed by atoms with Gasteiger partial charge in [0.15, 0.2) is 0 Å². The molecule has 104 valence electrons. The molecule has 0 bridgehead atoms. The first-order valence-corrected chi connectivity index (χ1v) is 6.66. The number of nitrogens with zero attached hydrogens (tertiary/aromatic N) is 2. The first-order valence-electron chi connectivity index (χ1n) is 6.66. The van der Waals surface area contributed by atoms with Gasteiger partial charge in [-0.15, -0.1) is 0 Å². The van der Waals surface area contributed by atoms with E-state index in [1.54, 1.807) is 34.9 Å². The molecule has 0 aliphatic rings.